The van der Waals surface area contributed by atoms with Gasteiger partial charge in [-0.15, -0.1) is 0 Å². The standard InChI is InChI=1S/C20H28N2O5/c1-15(27-18-7-5-17(25-2)6-8-18)19(23)22-9-3-4-16(14-22)20(24)21-10-12-26-13-11-21/h5-8,15-16H,3-4,9-14H2,1-2H3/t15-,16-/m1/s1. The molecule has 1 aromatic carbocycles. The molecule has 0 aliphatic carbocycles. The van der Waals surface area contributed by atoms with Crippen molar-refractivity contribution in [2.24, 2.45) is 5.92 Å². The minimum Gasteiger partial charge on any atom is -0.497 e. The van der Waals surface area contributed by atoms with Crippen LogP contribution in [0, 0.1) is 5.92 Å². The smallest absolute Gasteiger partial charge is 0.263 e. The highest BCUT2D eigenvalue weighted by Crippen LogP contribution is 2.22. The highest BCUT2D eigenvalue weighted by atomic mass is 16.5. The molecule has 2 heterocycles. The van der Waals surface area contributed by atoms with Crippen LogP contribution in [0.2, 0.25) is 0 Å². The molecule has 2 amide bonds. The maximum Gasteiger partial charge on any atom is 0.263 e. The van der Waals surface area contributed by atoms with Crippen LogP contribution in [0.4, 0.5) is 0 Å². The molecule has 27 heavy (non-hydrogen) atoms. The average Bonchev–Trinajstić information content (AvgIpc) is 2.74. The molecule has 7 nitrogen and oxygen atoms in total. The van der Waals surface area contributed by atoms with E-state index in [1.54, 1.807) is 43.2 Å². The van der Waals surface area contributed by atoms with E-state index < -0.39 is 6.10 Å². The zero-order valence-electron chi connectivity index (χ0n) is 16.1. The largest absolute Gasteiger partial charge is 0.497 e. The van der Waals surface area contributed by atoms with Crippen molar-refractivity contribution < 1.29 is 23.8 Å². The normalized spacial score (nSPS) is 21.5. The molecule has 1 aromatic rings. The third-order valence-corrected chi connectivity index (χ3v) is 5.13. The van der Waals surface area contributed by atoms with Crippen molar-refractivity contribution in [3.8, 4) is 11.5 Å². The number of carbonyl (C=O) groups is 2. The van der Waals surface area contributed by atoms with Crippen LogP contribution in [0.15, 0.2) is 24.3 Å². The molecular weight excluding hydrogens is 348 g/mol. The van der Waals surface area contributed by atoms with Crippen LogP contribution in [0.1, 0.15) is 19.8 Å². The Morgan fingerprint density at radius 1 is 1.07 bits per heavy atom. The van der Waals surface area contributed by atoms with Crippen molar-refractivity contribution in [2.45, 2.75) is 25.9 Å². The number of likely N-dealkylation sites (tertiary alicyclic amines) is 1. The Kier molecular flexibility index (Phi) is 6.55. The lowest BCUT2D eigenvalue weighted by Gasteiger charge is -2.37. The monoisotopic (exact) mass is 376 g/mol. The molecule has 3 rings (SSSR count). The zero-order valence-corrected chi connectivity index (χ0v) is 16.1. The summed E-state index contributed by atoms with van der Waals surface area (Å²) in [5.41, 5.74) is 0. The zero-order chi connectivity index (χ0) is 19.2. The van der Waals surface area contributed by atoms with Gasteiger partial charge >= 0.3 is 0 Å². The van der Waals surface area contributed by atoms with E-state index in [4.69, 9.17) is 14.2 Å². The van der Waals surface area contributed by atoms with Crippen molar-refractivity contribution in [1.82, 2.24) is 9.80 Å². The molecule has 0 aromatic heterocycles. The third-order valence-electron chi connectivity index (χ3n) is 5.13. The number of rotatable bonds is 5. The predicted octanol–water partition coefficient (Wildman–Crippen LogP) is 1.56. The van der Waals surface area contributed by atoms with Gasteiger partial charge in [0.25, 0.3) is 5.91 Å². The van der Waals surface area contributed by atoms with Gasteiger partial charge in [-0.2, -0.15) is 0 Å². The molecule has 2 aliphatic rings. The first kappa shape index (κ1) is 19.5. The number of hydrogen-bond acceptors (Lipinski definition) is 5. The summed E-state index contributed by atoms with van der Waals surface area (Å²) in [6.07, 6.45) is 1.06. The van der Waals surface area contributed by atoms with Crippen LogP contribution in [0.5, 0.6) is 11.5 Å². The fraction of sp³-hybridized carbons (Fsp3) is 0.600. The number of morpholine rings is 1. The number of amides is 2. The molecule has 7 heteroatoms. The molecule has 0 bridgehead atoms. The van der Waals surface area contributed by atoms with Gasteiger partial charge in [-0.05, 0) is 44.0 Å². The summed E-state index contributed by atoms with van der Waals surface area (Å²) in [6, 6.07) is 7.15. The van der Waals surface area contributed by atoms with Gasteiger partial charge in [0.15, 0.2) is 6.10 Å². The van der Waals surface area contributed by atoms with Crippen LogP contribution >= 0.6 is 0 Å². The SMILES string of the molecule is COc1ccc(O[C@H](C)C(=O)N2CCC[C@@H](C(=O)N3CCOCC3)C2)cc1. The van der Waals surface area contributed by atoms with E-state index in [0.29, 0.717) is 45.1 Å². The Morgan fingerprint density at radius 3 is 2.41 bits per heavy atom. The van der Waals surface area contributed by atoms with Crippen LogP contribution in [0.25, 0.3) is 0 Å². The van der Waals surface area contributed by atoms with E-state index in [0.717, 1.165) is 18.6 Å². The lowest BCUT2D eigenvalue weighted by Crippen LogP contribution is -2.51. The summed E-state index contributed by atoms with van der Waals surface area (Å²) in [6.45, 7) is 5.34. The van der Waals surface area contributed by atoms with Gasteiger partial charge in [0.1, 0.15) is 11.5 Å². The summed E-state index contributed by atoms with van der Waals surface area (Å²) in [5.74, 6) is 1.29. The Labute approximate surface area is 160 Å². The Hall–Kier alpha value is -2.28. The highest BCUT2D eigenvalue weighted by molar-refractivity contribution is 5.83. The minimum absolute atomic E-state index is 0.0784. The molecule has 0 radical (unpaired) electrons. The fourth-order valence-corrected chi connectivity index (χ4v) is 3.59. The first-order valence-corrected chi connectivity index (χ1v) is 9.54. The van der Waals surface area contributed by atoms with E-state index in [1.807, 2.05) is 4.90 Å². The Bertz CT molecular complexity index is 642. The van der Waals surface area contributed by atoms with Crippen LogP contribution < -0.4 is 9.47 Å². The second-order valence-electron chi connectivity index (χ2n) is 7.00. The molecule has 0 N–H and O–H groups in total. The third kappa shape index (κ3) is 4.91. The predicted molar refractivity (Wildman–Crippen MR) is 99.8 cm³/mol. The van der Waals surface area contributed by atoms with Crippen LogP contribution in [-0.2, 0) is 14.3 Å². The van der Waals surface area contributed by atoms with Crippen LogP contribution in [0.3, 0.4) is 0 Å². The lowest BCUT2D eigenvalue weighted by molar-refractivity contribution is -0.146. The number of piperidine rings is 1. The van der Waals surface area contributed by atoms with Gasteiger partial charge in [-0.3, -0.25) is 9.59 Å². The summed E-state index contributed by atoms with van der Waals surface area (Å²) in [5, 5.41) is 0. The quantitative estimate of drug-likeness (QED) is 0.780. The average molecular weight is 376 g/mol. The molecule has 0 saturated carbocycles. The molecular formula is C20H28N2O5. The molecule has 2 fully saturated rings. The summed E-state index contributed by atoms with van der Waals surface area (Å²) >= 11 is 0. The van der Waals surface area contributed by atoms with Crippen molar-refractivity contribution in [3.63, 3.8) is 0 Å². The number of carbonyl (C=O) groups excluding carboxylic acids is 2. The topological polar surface area (TPSA) is 68.3 Å². The van der Waals surface area contributed by atoms with Gasteiger partial charge in [0.2, 0.25) is 5.91 Å². The van der Waals surface area contributed by atoms with E-state index in [1.165, 1.54) is 0 Å². The molecule has 0 unspecified atom stereocenters. The summed E-state index contributed by atoms with van der Waals surface area (Å²) in [4.78, 5) is 29.2. The Balaban J connectivity index is 1.55. The van der Waals surface area contributed by atoms with Gasteiger partial charge in [0.05, 0.1) is 26.2 Å². The van der Waals surface area contributed by atoms with Crippen molar-refractivity contribution in [3.05, 3.63) is 24.3 Å². The second kappa shape index (κ2) is 9.08. The first-order valence-electron chi connectivity index (χ1n) is 9.54. The summed E-state index contributed by atoms with van der Waals surface area (Å²) < 4.78 is 16.2. The van der Waals surface area contributed by atoms with Gasteiger partial charge in [-0.25, -0.2) is 0 Å². The highest BCUT2D eigenvalue weighted by Gasteiger charge is 2.33. The molecule has 2 saturated heterocycles. The maximum absolute atomic E-state index is 12.8. The first-order chi connectivity index (χ1) is 13.1. The molecule has 2 aliphatic heterocycles. The number of ether oxygens (including phenoxy) is 3. The Morgan fingerprint density at radius 2 is 1.74 bits per heavy atom. The van der Waals surface area contributed by atoms with Gasteiger partial charge in [-0.1, -0.05) is 0 Å². The second-order valence-corrected chi connectivity index (χ2v) is 7.00. The van der Waals surface area contributed by atoms with E-state index >= 15 is 0 Å². The molecule has 148 valence electrons. The van der Waals surface area contributed by atoms with E-state index in [-0.39, 0.29) is 17.7 Å². The summed E-state index contributed by atoms with van der Waals surface area (Å²) in [7, 11) is 1.60. The number of hydrogen-bond donors (Lipinski definition) is 0. The lowest BCUT2D eigenvalue weighted by atomic mass is 9.96. The van der Waals surface area contributed by atoms with Crippen molar-refractivity contribution in [2.75, 3.05) is 46.5 Å². The number of benzene rings is 1. The molecule has 0 spiro atoms. The van der Waals surface area contributed by atoms with Crippen molar-refractivity contribution >= 4 is 11.8 Å². The van der Waals surface area contributed by atoms with Crippen LogP contribution in [-0.4, -0.2) is 74.2 Å². The van der Waals surface area contributed by atoms with E-state index in [2.05, 4.69) is 0 Å². The maximum atomic E-state index is 12.8. The van der Waals surface area contributed by atoms with Gasteiger partial charge in [0, 0.05) is 26.2 Å². The van der Waals surface area contributed by atoms with Gasteiger partial charge < -0.3 is 24.0 Å². The fourth-order valence-electron chi connectivity index (χ4n) is 3.59. The number of nitrogens with zero attached hydrogens (tertiary/aromatic N) is 2. The van der Waals surface area contributed by atoms with E-state index in [9.17, 15) is 9.59 Å². The van der Waals surface area contributed by atoms with Crippen molar-refractivity contribution in [1.29, 1.82) is 0 Å². The molecule has 2 atom stereocenters. The number of methoxy groups -OCH3 is 1. The minimum atomic E-state index is -0.601.